The van der Waals surface area contributed by atoms with Gasteiger partial charge in [0.2, 0.25) is 5.91 Å². The highest BCUT2D eigenvalue weighted by molar-refractivity contribution is 6.01. The van der Waals surface area contributed by atoms with Gasteiger partial charge in [0.05, 0.1) is 5.71 Å². The predicted octanol–water partition coefficient (Wildman–Crippen LogP) is 0.749. The highest BCUT2D eigenvalue weighted by Gasteiger charge is 2.13. The van der Waals surface area contributed by atoms with Crippen LogP contribution in [0.4, 0.5) is 0 Å². The molecule has 0 spiro atoms. The fourth-order valence-electron chi connectivity index (χ4n) is 1.59. The predicted molar refractivity (Wildman–Crippen MR) is 73.2 cm³/mol. The van der Waals surface area contributed by atoms with Gasteiger partial charge in [-0.25, -0.2) is 10.2 Å². The molecule has 0 saturated carbocycles. The van der Waals surface area contributed by atoms with Crippen LogP contribution < -0.4 is 11.1 Å². The van der Waals surface area contributed by atoms with E-state index < -0.39 is 17.5 Å². The zero-order valence-electron chi connectivity index (χ0n) is 11.7. The molecule has 1 amide bonds. The molecular formula is C13H16N2O6. The van der Waals surface area contributed by atoms with E-state index in [1.54, 1.807) is 0 Å². The van der Waals surface area contributed by atoms with Crippen LogP contribution in [0, 0.1) is 6.92 Å². The molecule has 0 aliphatic carbocycles. The summed E-state index contributed by atoms with van der Waals surface area (Å²) in [7, 11) is 0. The first-order valence-electron chi connectivity index (χ1n) is 6.20. The second-order valence-corrected chi connectivity index (χ2v) is 4.38. The van der Waals surface area contributed by atoms with Crippen molar-refractivity contribution in [1.82, 2.24) is 5.43 Å². The lowest BCUT2D eigenvalue weighted by atomic mass is 10.2. The smallest absolute Gasteiger partial charge is 0.348 e. The Bertz CT molecular complexity index is 632. The molecule has 0 aromatic carbocycles. The summed E-state index contributed by atoms with van der Waals surface area (Å²) in [4.78, 5) is 33.3. The molecule has 1 heterocycles. The number of carbonyl (C=O) groups excluding carboxylic acids is 1. The minimum atomic E-state index is -0.982. The monoisotopic (exact) mass is 296 g/mol. The molecule has 1 rings (SSSR count). The largest absolute Gasteiger partial charge is 0.507 e. The zero-order chi connectivity index (χ0) is 16.0. The van der Waals surface area contributed by atoms with Gasteiger partial charge in [-0.05, 0) is 20.3 Å². The number of nitrogens with zero attached hydrogens (tertiary/aromatic N) is 1. The van der Waals surface area contributed by atoms with Crippen molar-refractivity contribution in [2.24, 2.45) is 5.10 Å². The lowest BCUT2D eigenvalue weighted by Gasteiger charge is -2.04. The van der Waals surface area contributed by atoms with Crippen LogP contribution in [0.25, 0.3) is 0 Å². The fourth-order valence-corrected chi connectivity index (χ4v) is 1.59. The molecule has 3 N–H and O–H groups in total. The van der Waals surface area contributed by atoms with Crippen molar-refractivity contribution in [3.8, 4) is 5.75 Å². The van der Waals surface area contributed by atoms with Crippen molar-refractivity contribution in [2.45, 2.75) is 33.1 Å². The van der Waals surface area contributed by atoms with Gasteiger partial charge in [-0.1, -0.05) is 0 Å². The molecule has 0 aliphatic rings. The first-order chi connectivity index (χ1) is 9.81. The Morgan fingerprint density at radius 1 is 1.38 bits per heavy atom. The number of amides is 1. The quantitative estimate of drug-likeness (QED) is 0.524. The summed E-state index contributed by atoms with van der Waals surface area (Å²) in [5.41, 5.74) is 1.39. The summed E-state index contributed by atoms with van der Waals surface area (Å²) in [5, 5.41) is 21.8. The van der Waals surface area contributed by atoms with Crippen LogP contribution in [-0.4, -0.2) is 27.8 Å². The Labute approximate surface area is 120 Å². The SMILES string of the molecule is CC(=NNC(=O)CCCC(=O)O)c1c(O)cc(C)oc1=O. The van der Waals surface area contributed by atoms with Gasteiger partial charge in [-0.2, -0.15) is 5.10 Å². The molecule has 0 radical (unpaired) electrons. The van der Waals surface area contributed by atoms with Crippen LogP contribution in [-0.2, 0) is 9.59 Å². The van der Waals surface area contributed by atoms with E-state index >= 15 is 0 Å². The van der Waals surface area contributed by atoms with E-state index in [1.165, 1.54) is 19.9 Å². The number of aromatic hydroxyl groups is 1. The van der Waals surface area contributed by atoms with Gasteiger partial charge in [-0.15, -0.1) is 0 Å². The molecule has 0 atom stereocenters. The molecule has 114 valence electrons. The van der Waals surface area contributed by atoms with Crippen molar-refractivity contribution in [2.75, 3.05) is 0 Å². The summed E-state index contributed by atoms with van der Waals surface area (Å²) < 4.78 is 4.83. The molecule has 8 nitrogen and oxygen atoms in total. The molecule has 0 fully saturated rings. The molecule has 21 heavy (non-hydrogen) atoms. The third-order valence-electron chi connectivity index (χ3n) is 2.56. The van der Waals surface area contributed by atoms with E-state index in [1.807, 2.05) is 0 Å². The number of rotatable bonds is 6. The Balaban J connectivity index is 2.71. The molecule has 0 unspecified atom stereocenters. The number of nitrogens with one attached hydrogen (secondary N) is 1. The first kappa shape index (κ1) is 16.4. The maximum atomic E-state index is 11.6. The molecule has 1 aromatic heterocycles. The van der Waals surface area contributed by atoms with Gasteiger partial charge in [-0.3, -0.25) is 9.59 Å². The number of hydrazone groups is 1. The Morgan fingerprint density at radius 3 is 2.62 bits per heavy atom. The van der Waals surface area contributed by atoms with Crippen LogP contribution in [0.3, 0.4) is 0 Å². The Kier molecular flexibility index (Phi) is 5.65. The number of carboxylic acid groups (broad SMARTS) is 1. The first-order valence-corrected chi connectivity index (χ1v) is 6.20. The molecule has 0 bridgehead atoms. The van der Waals surface area contributed by atoms with E-state index in [2.05, 4.69) is 10.5 Å². The second kappa shape index (κ2) is 7.22. The summed E-state index contributed by atoms with van der Waals surface area (Å²) >= 11 is 0. The van der Waals surface area contributed by atoms with Gasteiger partial charge in [0.15, 0.2) is 0 Å². The van der Waals surface area contributed by atoms with E-state index in [0.29, 0.717) is 0 Å². The fraction of sp³-hybridized carbons (Fsp3) is 0.385. The average molecular weight is 296 g/mol. The standard InChI is InChI=1S/C13H16N2O6/c1-7-6-9(16)12(13(20)21-7)8(2)14-15-10(17)4-3-5-11(18)19/h6,16H,3-5H2,1-2H3,(H,15,17)(H,18,19). The highest BCUT2D eigenvalue weighted by Crippen LogP contribution is 2.15. The average Bonchev–Trinajstić information content (AvgIpc) is 2.34. The van der Waals surface area contributed by atoms with Crippen molar-refractivity contribution in [3.63, 3.8) is 0 Å². The summed E-state index contributed by atoms with van der Waals surface area (Å²) in [6.45, 7) is 2.94. The summed E-state index contributed by atoms with van der Waals surface area (Å²) in [6, 6.07) is 1.27. The van der Waals surface area contributed by atoms with Crippen LogP contribution in [0.2, 0.25) is 0 Å². The number of hydrogen-bond donors (Lipinski definition) is 3. The van der Waals surface area contributed by atoms with E-state index in [0.717, 1.165) is 0 Å². The number of aryl methyl sites for hydroxylation is 1. The molecule has 8 heteroatoms. The molecule has 0 aliphatic heterocycles. The van der Waals surface area contributed by atoms with Gasteiger partial charge >= 0.3 is 11.6 Å². The molecule has 1 aromatic rings. The lowest BCUT2D eigenvalue weighted by Crippen LogP contribution is -2.21. The topological polar surface area (TPSA) is 129 Å². The van der Waals surface area contributed by atoms with Gasteiger partial charge in [0.25, 0.3) is 0 Å². The minimum Gasteiger partial charge on any atom is -0.507 e. The normalized spacial score (nSPS) is 11.2. The van der Waals surface area contributed by atoms with Gasteiger partial charge < -0.3 is 14.6 Å². The Morgan fingerprint density at radius 2 is 2.05 bits per heavy atom. The van der Waals surface area contributed by atoms with Crippen LogP contribution in [0.15, 0.2) is 20.4 Å². The van der Waals surface area contributed by atoms with Crippen molar-refractivity contribution in [3.05, 3.63) is 27.8 Å². The van der Waals surface area contributed by atoms with E-state index in [4.69, 9.17) is 9.52 Å². The molecular weight excluding hydrogens is 280 g/mol. The maximum absolute atomic E-state index is 11.6. The number of carbonyl (C=O) groups is 2. The van der Waals surface area contributed by atoms with Crippen LogP contribution in [0.1, 0.15) is 37.5 Å². The van der Waals surface area contributed by atoms with Crippen molar-refractivity contribution < 1.29 is 24.2 Å². The molecule has 0 saturated heterocycles. The van der Waals surface area contributed by atoms with Crippen molar-refractivity contribution in [1.29, 1.82) is 0 Å². The third kappa shape index (κ3) is 5.09. The van der Waals surface area contributed by atoms with E-state index in [9.17, 15) is 19.5 Å². The zero-order valence-corrected chi connectivity index (χ0v) is 11.7. The lowest BCUT2D eigenvalue weighted by molar-refractivity contribution is -0.137. The summed E-state index contributed by atoms with van der Waals surface area (Å²) in [5.74, 6) is -1.49. The van der Waals surface area contributed by atoms with Gasteiger partial charge in [0.1, 0.15) is 17.1 Å². The second-order valence-electron chi connectivity index (χ2n) is 4.38. The minimum absolute atomic E-state index is 0.00241. The van der Waals surface area contributed by atoms with Crippen LogP contribution in [0.5, 0.6) is 5.75 Å². The number of hydrogen-bond acceptors (Lipinski definition) is 6. The number of aliphatic carboxylic acids is 1. The Hall–Kier alpha value is -2.64. The van der Waals surface area contributed by atoms with Crippen molar-refractivity contribution >= 4 is 17.6 Å². The van der Waals surface area contributed by atoms with Crippen LogP contribution >= 0.6 is 0 Å². The highest BCUT2D eigenvalue weighted by atomic mass is 16.4. The summed E-state index contributed by atoms with van der Waals surface area (Å²) in [6.07, 6.45) is 0.0731. The third-order valence-corrected chi connectivity index (χ3v) is 2.56. The maximum Gasteiger partial charge on any atom is 0.348 e. The van der Waals surface area contributed by atoms with E-state index in [-0.39, 0.29) is 42.0 Å². The van der Waals surface area contributed by atoms with Gasteiger partial charge in [0, 0.05) is 18.9 Å². The number of carboxylic acids is 1.